The minimum Gasteiger partial charge on any atom is -0.330 e. The van der Waals surface area contributed by atoms with E-state index in [4.69, 9.17) is 5.73 Å². The Hall–Kier alpha value is -1.88. The van der Waals surface area contributed by atoms with E-state index in [-0.39, 0.29) is 11.8 Å². The van der Waals surface area contributed by atoms with Gasteiger partial charge in [-0.05, 0) is 56.5 Å². The van der Waals surface area contributed by atoms with Crippen molar-refractivity contribution in [3.63, 3.8) is 0 Å². The summed E-state index contributed by atoms with van der Waals surface area (Å²) in [6, 6.07) is 7.47. The third-order valence-electron chi connectivity index (χ3n) is 3.64. The molecule has 0 radical (unpaired) electrons. The molecule has 1 aliphatic heterocycles. The molecule has 3 N–H and O–H groups in total. The zero-order chi connectivity index (χ0) is 15.1. The van der Waals surface area contributed by atoms with Gasteiger partial charge in [-0.25, -0.2) is 0 Å². The SMILES string of the molecule is NCCCCC(=O)Nc1ccc(N2CCCCC2=O)cc1. The third kappa shape index (κ3) is 4.56. The van der Waals surface area contributed by atoms with Crippen LogP contribution in [0.4, 0.5) is 11.4 Å². The van der Waals surface area contributed by atoms with Crippen molar-refractivity contribution in [3.8, 4) is 0 Å². The number of hydrogen-bond acceptors (Lipinski definition) is 3. The molecule has 21 heavy (non-hydrogen) atoms. The van der Waals surface area contributed by atoms with Crippen LogP contribution in [0.5, 0.6) is 0 Å². The van der Waals surface area contributed by atoms with E-state index >= 15 is 0 Å². The van der Waals surface area contributed by atoms with E-state index < -0.39 is 0 Å². The van der Waals surface area contributed by atoms with Crippen molar-refractivity contribution in [2.24, 2.45) is 5.73 Å². The number of hydrogen-bond donors (Lipinski definition) is 2. The van der Waals surface area contributed by atoms with E-state index in [0.717, 1.165) is 43.6 Å². The molecule has 1 aromatic carbocycles. The Balaban J connectivity index is 1.89. The maximum Gasteiger partial charge on any atom is 0.226 e. The van der Waals surface area contributed by atoms with Crippen LogP contribution in [0.15, 0.2) is 24.3 Å². The van der Waals surface area contributed by atoms with Crippen LogP contribution in [-0.4, -0.2) is 24.9 Å². The first-order valence-corrected chi connectivity index (χ1v) is 7.61. The number of anilines is 2. The predicted molar refractivity (Wildman–Crippen MR) is 84.2 cm³/mol. The molecule has 0 unspecified atom stereocenters. The molecule has 5 nitrogen and oxygen atoms in total. The number of carbonyl (C=O) groups is 2. The summed E-state index contributed by atoms with van der Waals surface area (Å²) in [5, 5.41) is 2.86. The van der Waals surface area contributed by atoms with Gasteiger partial charge in [0.1, 0.15) is 0 Å². The lowest BCUT2D eigenvalue weighted by Gasteiger charge is -2.26. The van der Waals surface area contributed by atoms with E-state index in [2.05, 4.69) is 5.32 Å². The summed E-state index contributed by atoms with van der Waals surface area (Å²) in [6.07, 6.45) is 4.81. The van der Waals surface area contributed by atoms with Gasteiger partial charge in [-0.3, -0.25) is 9.59 Å². The summed E-state index contributed by atoms with van der Waals surface area (Å²) < 4.78 is 0. The number of nitrogens with two attached hydrogens (primary N) is 1. The van der Waals surface area contributed by atoms with Gasteiger partial charge in [0, 0.05) is 30.8 Å². The molecule has 1 aliphatic rings. The van der Waals surface area contributed by atoms with Crippen molar-refractivity contribution in [2.45, 2.75) is 38.5 Å². The van der Waals surface area contributed by atoms with E-state index in [1.807, 2.05) is 29.2 Å². The van der Waals surface area contributed by atoms with Gasteiger partial charge in [-0.1, -0.05) is 0 Å². The molecule has 1 aromatic rings. The second-order valence-corrected chi connectivity index (χ2v) is 5.34. The minimum atomic E-state index is 0.00486. The number of carbonyl (C=O) groups excluding carboxylic acids is 2. The summed E-state index contributed by atoms with van der Waals surface area (Å²) in [4.78, 5) is 25.4. The maximum atomic E-state index is 11.9. The zero-order valence-corrected chi connectivity index (χ0v) is 12.3. The highest BCUT2D eigenvalue weighted by atomic mass is 16.2. The maximum absolute atomic E-state index is 11.9. The van der Waals surface area contributed by atoms with Crippen molar-refractivity contribution < 1.29 is 9.59 Å². The smallest absolute Gasteiger partial charge is 0.226 e. The fraction of sp³-hybridized carbons (Fsp3) is 0.500. The van der Waals surface area contributed by atoms with Gasteiger partial charge in [0.25, 0.3) is 0 Å². The first-order valence-electron chi connectivity index (χ1n) is 7.61. The van der Waals surface area contributed by atoms with Crippen LogP contribution < -0.4 is 16.0 Å². The first kappa shape index (κ1) is 15.5. The fourth-order valence-electron chi connectivity index (χ4n) is 2.46. The summed E-state index contributed by atoms with van der Waals surface area (Å²) in [7, 11) is 0. The van der Waals surface area contributed by atoms with E-state index in [1.165, 1.54) is 0 Å². The molecule has 0 aliphatic carbocycles. The number of nitrogens with one attached hydrogen (secondary N) is 1. The van der Waals surface area contributed by atoms with Gasteiger partial charge in [0.05, 0.1) is 0 Å². The van der Waals surface area contributed by atoms with Crippen molar-refractivity contribution in [1.29, 1.82) is 0 Å². The number of benzene rings is 1. The zero-order valence-electron chi connectivity index (χ0n) is 12.3. The molecule has 0 saturated carbocycles. The molecule has 0 aromatic heterocycles. The lowest BCUT2D eigenvalue weighted by molar-refractivity contribution is -0.119. The van der Waals surface area contributed by atoms with Gasteiger partial charge in [-0.2, -0.15) is 0 Å². The van der Waals surface area contributed by atoms with Crippen LogP contribution in [0.2, 0.25) is 0 Å². The van der Waals surface area contributed by atoms with Gasteiger partial charge in [0.2, 0.25) is 11.8 Å². The lowest BCUT2D eigenvalue weighted by Crippen LogP contribution is -2.35. The molecule has 2 rings (SSSR count). The second-order valence-electron chi connectivity index (χ2n) is 5.34. The topological polar surface area (TPSA) is 75.4 Å². The fourth-order valence-corrected chi connectivity index (χ4v) is 2.46. The molecule has 2 amide bonds. The van der Waals surface area contributed by atoms with Crippen LogP contribution in [0.25, 0.3) is 0 Å². The minimum absolute atomic E-state index is 0.00486. The molecule has 0 bridgehead atoms. The summed E-state index contributed by atoms with van der Waals surface area (Å²) in [6.45, 7) is 1.40. The van der Waals surface area contributed by atoms with E-state index in [1.54, 1.807) is 0 Å². The number of amides is 2. The Bertz CT molecular complexity index is 485. The predicted octanol–water partition coefficient (Wildman–Crippen LogP) is 2.27. The Morgan fingerprint density at radius 1 is 1.19 bits per heavy atom. The van der Waals surface area contributed by atoms with Crippen LogP contribution >= 0.6 is 0 Å². The van der Waals surface area contributed by atoms with Gasteiger partial charge in [0.15, 0.2) is 0 Å². The molecule has 1 saturated heterocycles. The normalized spacial score (nSPS) is 15.1. The number of nitrogens with zero attached hydrogens (tertiary/aromatic N) is 1. The quantitative estimate of drug-likeness (QED) is 0.789. The Morgan fingerprint density at radius 3 is 2.62 bits per heavy atom. The van der Waals surface area contributed by atoms with Gasteiger partial charge < -0.3 is 16.0 Å². The van der Waals surface area contributed by atoms with Crippen molar-refractivity contribution in [2.75, 3.05) is 23.3 Å². The van der Waals surface area contributed by atoms with Gasteiger partial charge >= 0.3 is 0 Å². The summed E-state index contributed by atoms with van der Waals surface area (Å²) in [5.74, 6) is 0.185. The summed E-state index contributed by atoms with van der Waals surface area (Å²) in [5.41, 5.74) is 7.07. The monoisotopic (exact) mass is 289 g/mol. The Morgan fingerprint density at radius 2 is 1.95 bits per heavy atom. The van der Waals surface area contributed by atoms with Crippen LogP contribution in [-0.2, 0) is 9.59 Å². The second kappa shape index (κ2) is 7.78. The highest BCUT2D eigenvalue weighted by molar-refractivity contribution is 5.95. The van der Waals surface area contributed by atoms with Crippen LogP contribution in [0.1, 0.15) is 38.5 Å². The molecular weight excluding hydrogens is 266 g/mol. The van der Waals surface area contributed by atoms with Gasteiger partial charge in [-0.15, -0.1) is 0 Å². The lowest BCUT2D eigenvalue weighted by atomic mass is 10.1. The number of unbranched alkanes of at least 4 members (excludes halogenated alkanes) is 1. The molecule has 1 fully saturated rings. The molecular formula is C16H23N3O2. The number of rotatable bonds is 6. The first-order chi connectivity index (χ1) is 10.2. The molecule has 1 heterocycles. The standard InChI is InChI=1S/C16H23N3O2/c17-11-3-1-5-15(20)18-13-7-9-14(10-8-13)19-12-4-2-6-16(19)21/h7-10H,1-6,11-12,17H2,(H,18,20). The molecule has 0 spiro atoms. The Kier molecular flexibility index (Phi) is 5.75. The molecule has 114 valence electrons. The number of piperidine rings is 1. The largest absolute Gasteiger partial charge is 0.330 e. The average molecular weight is 289 g/mol. The van der Waals surface area contributed by atoms with Crippen LogP contribution in [0, 0.1) is 0 Å². The highest BCUT2D eigenvalue weighted by Crippen LogP contribution is 2.22. The van der Waals surface area contributed by atoms with Crippen molar-refractivity contribution >= 4 is 23.2 Å². The van der Waals surface area contributed by atoms with Crippen LogP contribution in [0.3, 0.4) is 0 Å². The summed E-state index contributed by atoms with van der Waals surface area (Å²) >= 11 is 0. The van der Waals surface area contributed by atoms with E-state index in [0.29, 0.717) is 19.4 Å². The van der Waals surface area contributed by atoms with Crippen molar-refractivity contribution in [1.82, 2.24) is 0 Å². The molecule has 5 heteroatoms. The average Bonchev–Trinajstić information content (AvgIpc) is 2.49. The van der Waals surface area contributed by atoms with E-state index in [9.17, 15) is 9.59 Å². The highest BCUT2D eigenvalue weighted by Gasteiger charge is 2.19. The Labute approximate surface area is 125 Å². The van der Waals surface area contributed by atoms with Crippen molar-refractivity contribution in [3.05, 3.63) is 24.3 Å². The molecule has 0 atom stereocenters. The third-order valence-corrected chi connectivity index (χ3v) is 3.64.